The van der Waals surface area contributed by atoms with Crippen LogP contribution in [0.25, 0.3) is 0 Å². The predicted octanol–water partition coefficient (Wildman–Crippen LogP) is 3.21. The van der Waals surface area contributed by atoms with Gasteiger partial charge in [-0.1, -0.05) is 44.7 Å². The third kappa shape index (κ3) is 8.37. The molecule has 0 saturated heterocycles. The number of carboxylic acid groups (broad SMARTS) is 1. The zero-order valence-corrected chi connectivity index (χ0v) is 11.0. The molecule has 0 unspecified atom stereocenters. The first-order chi connectivity index (χ1) is 9.01. The Morgan fingerprint density at radius 2 is 1.84 bits per heavy atom. The Morgan fingerprint density at radius 1 is 1.32 bits per heavy atom. The van der Waals surface area contributed by atoms with E-state index in [0.717, 1.165) is 12.5 Å². The van der Waals surface area contributed by atoms with Crippen LogP contribution in [0, 0.1) is 0 Å². The summed E-state index contributed by atoms with van der Waals surface area (Å²) in [5, 5.41) is 7.60. The fourth-order valence-corrected chi connectivity index (χ4v) is 1.07. The topological polar surface area (TPSA) is 63.6 Å². The summed E-state index contributed by atoms with van der Waals surface area (Å²) < 4.78 is 5.09. The summed E-state index contributed by atoms with van der Waals surface area (Å²) >= 11 is 0. The maximum absolute atomic E-state index is 11.4. The van der Waals surface area contributed by atoms with E-state index in [9.17, 15) is 9.59 Å². The average Bonchev–Trinajstić information content (AvgIpc) is 2.40. The maximum Gasteiger partial charge on any atom is 0.338 e. The molecule has 1 aromatic rings. The van der Waals surface area contributed by atoms with E-state index in [1.807, 2.05) is 25.1 Å². The van der Waals surface area contributed by atoms with Gasteiger partial charge in [-0.25, -0.2) is 9.59 Å². The van der Waals surface area contributed by atoms with Gasteiger partial charge in [-0.2, -0.15) is 0 Å². The number of ether oxygens (including phenoxy) is 1. The molecule has 102 valence electrons. The van der Waals surface area contributed by atoms with Gasteiger partial charge in [-0.15, -0.1) is 0 Å². The Kier molecular flexibility index (Phi) is 8.45. The molecule has 0 atom stereocenters. The Labute approximate surface area is 113 Å². The van der Waals surface area contributed by atoms with E-state index in [1.54, 1.807) is 12.1 Å². The van der Waals surface area contributed by atoms with E-state index in [4.69, 9.17) is 9.84 Å². The highest BCUT2D eigenvalue weighted by atomic mass is 16.5. The molecular weight excluding hydrogens is 244 g/mol. The summed E-state index contributed by atoms with van der Waals surface area (Å²) in [6.07, 6.45) is 2.42. The summed E-state index contributed by atoms with van der Waals surface area (Å²) in [5.41, 5.74) is 0.524. The van der Waals surface area contributed by atoms with Gasteiger partial charge in [0.1, 0.15) is 5.75 Å². The highest BCUT2D eigenvalue weighted by Crippen LogP contribution is 2.12. The molecule has 4 nitrogen and oxygen atoms in total. The SMILES string of the molecule is C=C(CCC)C(=O)Oc1ccccc1.C=CC(=O)O. The molecule has 19 heavy (non-hydrogen) atoms. The number of benzene rings is 1. The predicted molar refractivity (Wildman–Crippen MR) is 74.0 cm³/mol. The molecule has 0 fully saturated rings. The van der Waals surface area contributed by atoms with Gasteiger partial charge in [0.25, 0.3) is 0 Å². The molecule has 0 spiro atoms. The molecule has 0 bridgehead atoms. The van der Waals surface area contributed by atoms with Crippen LogP contribution < -0.4 is 4.74 Å². The van der Waals surface area contributed by atoms with Crippen molar-refractivity contribution in [2.75, 3.05) is 0 Å². The second-order valence-electron chi connectivity index (χ2n) is 3.60. The molecule has 0 radical (unpaired) electrons. The number of carbonyl (C=O) groups excluding carboxylic acids is 1. The van der Waals surface area contributed by atoms with Crippen LogP contribution in [0.1, 0.15) is 19.8 Å². The van der Waals surface area contributed by atoms with E-state index in [1.165, 1.54) is 0 Å². The van der Waals surface area contributed by atoms with Crippen LogP contribution in [0.2, 0.25) is 0 Å². The van der Waals surface area contributed by atoms with Crippen molar-refractivity contribution in [2.24, 2.45) is 0 Å². The zero-order chi connectivity index (χ0) is 14.7. The maximum atomic E-state index is 11.4. The molecule has 0 aliphatic carbocycles. The highest BCUT2D eigenvalue weighted by molar-refractivity contribution is 5.89. The largest absolute Gasteiger partial charge is 0.478 e. The third-order valence-corrected chi connectivity index (χ3v) is 1.97. The van der Waals surface area contributed by atoms with Crippen LogP contribution in [0.5, 0.6) is 5.75 Å². The molecule has 4 heteroatoms. The second kappa shape index (κ2) is 9.65. The molecule has 0 saturated carbocycles. The number of hydrogen-bond donors (Lipinski definition) is 1. The van der Waals surface area contributed by atoms with Gasteiger partial charge in [0.2, 0.25) is 0 Å². The Hall–Kier alpha value is -2.36. The molecule has 1 N–H and O–H groups in total. The normalized spacial score (nSPS) is 8.68. The minimum atomic E-state index is -0.981. The summed E-state index contributed by atoms with van der Waals surface area (Å²) in [7, 11) is 0. The standard InChI is InChI=1S/C12H14O2.C3H4O2/c1-3-7-10(2)12(13)14-11-8-5-4-6-9-11;1-2-3(4)5/h4-6,8-9H,2-3,7H2,1H3;2H,1H2,(H,4,5). The van der Waals surface area contributed by atoms with Crippen LogP contribution in [0.15, 0.2) is 55.1 Å². The number of hydrogen-bond acceptors (Lipinski definition) is 3. The first-order valence-electron chi connectivity index (χ1n) is 5.81. The molecule has 0 aliphatic rings. The van der Waals surface area contributed by atoms with Crippen molar-refractivity contribution in [1.29, 1.82) is 0 Å². The second-order valence-corrected chi connectivity index (χ2v) is 3.60. The van der Waals surface area contributed by atoms with Crippen LogP contribution in [0.4, 0.5) is 0 Å². The van der Waals surface area contributed by atoms with Crippen molar-refractivity contribution in [3.05, 3.63) is 55.1 Å². The smallest absolute Gasteiger partial charge is 0.338 e. The fraction of sp³-hybridized carbons (Fsp3) is 0.200. The van der Waals surface area contributed by atoms with Crippen molar-refractivity contribution < 1.29 is 19.4 Å². The number of aliphatic carboxylic acids is 1. The zero-order valence-electron chi connectivity index (χ0n) is 11.0. The van der Waals surface area contributed by atoms with Gasteiger partial charge < -0.3 is 9.84 Å². The van der Waals surface area contributed by atoms with E-state index in [-0.39, 0.29) is 5.97 Å². The summed E-state index contributed by atoms with van der Waals surface area (Å²) in [6.45, 7) is 8.63. The lowest BCUT2D eigenvalue weighted by Crippen LogP contribution is -2.10. The van der Waals surface area contributed by atoms with Gasteiger partial charge in [0.05, 0.1) is 0 Å². The molecule has 0 aliphatic heterocycles. The number of carbonyl (C=O) groups is 2. The van der Waals surface area contributed by atoms with E-state index < -0.39 is 5.97 Å². The minimum absolute atomic E-state index is 0.335. The number of para-hydroxylation sites is 1. The lowest BCUT2D eigenvalue weighted by molar-refractivity contribution is -0.131. The van der Waals surface area contributed by atoms with Crippen LogP contribution >= 0.6 is 0 Å². The van der Waals surface area contributed by atoms with Crippen molar-refractivity contribution in [2.45, 2.75) is 19.8 Å². The van der Waals surface area contributed by atoms with Crippen LogP contribution in [0.3, 0.4) is 0 Å². The minimum Gasteiger partial charge on any atom is -0.478 e. The Balaban J connectivity index is 0.000000555. The number of rotatable bonds is 5. The monoisotopic (exact) mass is 262 g/mol. The van der Waals surface area contributed by atoms with E-state index >= 15 is 0 Å². The fourth-order valence-electron chi connectivity index (χ4n) is 1.07. The molecule has 0 amide bonds. The average molecular weight is 262 g/mol. The number of esters is 1. The third-order valence-electron chi connectivity index (χ3n) is 1.97. The van der Waals surface area contributed by atoms with Crippen LogP contribution in [-0.2, 0) is 9.59 Å². The van der Waals surface area contributed by atoms with Gasteiger partial charge in [-0.05, 0) is 18.6 Å². The van der Waals surface area contributed by atoms with Gasteiger partial charge in [0.15, 0.2) is 0 Å². The van der Waals surface area contributed by atoms with Crippen molar-refractivity contribution >= 4 is 11.9 Å². The molecular formula is C15H18O4. The Morgan fingerprint density at radius 3 is 2.26 bits per heavy atom. The molecule has 0 aromatic heterocycles. The van der Waals surface area contributed by atoms with Crippen molar-refractivity contribution in [1.82, 2.24) is 0 Å². The first-order valence-corrected chi connectivity index (χ1v) is 5.81. The molecule has 1 rings (SSSR count). The molecule has 0 heterocycles. The van der Waals surface area contributed by atoms with Crippen molar-refractivity contribution in [3.8, 4) is 5.75 Å². The number of carboxylic acids is 1. The summed E-state index contributed by atoms with van der Waals surface area (Å²) in [5.74, 6) is -0.752. The van der Waals surface area contributed by atoms with Gasteiger partial charge >= 0.3 is 11.9 Å². The summed E-state index contributed by atoms with van der Waals surface area (Å²) in [6, 6.07) is 9.02. The van der Waals surface area contributed by atoms with Gasteiger partial charge in [-0.3, -0.25) is 0 Å². The van der Waals surface area contributed by atoms with E-state index in [2.05, 4.69) is 13.2 Å². The molecule has 1 aromatic carbocycles. The first kappa shape index (κ1) is 16.6. The van der Waals surface area contributed by atoms with E-state index in [0.29, 0.717) is 17.7 Å². The van der Waals surface area contributed by atoms with Crippen molar-refractivity contribution in [3.63, 3.8) is 0 Å². The quantitative estimate of drug-likeness (QED) is 0.503. The lowest BCUT2D eigenvalue weighted by Gasteiger charge is -2.04. The summed E-state index contributed by atoms with van der Waals surface area (Å²) in [4.78, 5) is 20.6. The van der Waals surface area contributed by atoms with Crippen LogP contribution in [-0.4, -0.2) is 17.0 Å². The Bertz CT molecular complexity index is 435. The highest BCUT2D eigenvalue weighted by Gasteiger charge is 2.07. The lowest BCUT2D eigenvalue weighted by atomic mass is 10.2. The van der Waals surface area contributed by atoms with Gasteiger partial charge in [0, 0.05) is 11.6 Å².